The summed E-state index contributed by atoms with van der Waals surface area (Å²) >= 11 is 0. The molecule has 7 nitrogen and oxygen atoms in total. The number of pyridine rings is 1. The summed E-state index contributed by atoms with van der Waals surface area (Å²) in [5.74, 6) is -0.244. The lowest BCUT2D eigenvalue weighted by molar-refractivity contribution is -0.137. The van der Waals surface area contributed by atoms with Gasteiger partial charge in [0.1, 0.15) is 12.4 Å². The van der Waals surface area contributed by atoms with E-state index >= 15 is 0 Å². The number of aromatic nitrogens is 1. The molecule has 2 aromatic carbocycles. The molecule has 1 heterocycles. The molecule has 4 rings (SSSR count). The highest BCUT2D eigenvalue weighted by molar-refractivity contribution is 5.85. The molecular weight excluding hydrogens is 408 g/mol. The third-order valence-electron chi connectivity index (χ3n) is 5.56. The summed E-state index contributed by atoms with van der Waals surface area (Å²) in [5.41, 5.74) is 5.31. The van der Waals surface area contributed by atoms with Crippen molar-refractivity contribution in [1.29, 1.82) is 0 Å². The average Bonchev–Trinajstić information content (AvgIpc) is 3.12. The maximum atomic E-state index is 12.6. The second kappa shape index (κ2) is 9.51. The lowest BCUT2D eigenvalue weighted by Gasteiger charge is -2.15. The molecule has 1 aliphatic rings. The van der Waals surface area contributed by atoms with Gasteiger partial charge in [0, 0.05) is 18.4 Å². The topological polar surface area (TPSA) is 97.8 Å². The van der Waals surface area contributed by atoms with Crippen LogP contribution in [0.4, 0.5) is 10.6 Å². The first-order chi connectivity index (χ1) is 15.6. The summed E-state index contributed by atoms with van der Waals surface area (Å²) in [4.78, 5) is 27.7. The molecule has 0 spiro atoms. The molecule has 0 saturated carbocycles. The van der Waals surface area contributed by atoms with Gasteiger partial charge in [0.15, 0.2) is 0 Å². The van der Waals surface area contributed by atoms with Crippen LogP contribution >= 0.6 is 0 Å². The molecule has 2 N–H and O–H groups in total. The zero-order chi connectivity index (χ0) is 22.5. The Morgan fingerprint density at radius 2 is 1.66 bits per heavy atom. The minimum absolute atomic E-state index is 0.0381. The Morgan fingerprint density at radius 3 is 2.28 bits per heavy atom. The van der Waals surface area contributed by atoms with Crippen molar-refractivity contribution in [1.82, 2.24) is 4.98 Å². The number of nitrogens with zero attached hydrogens (tertiary/aromatic N) is 1. The number of nitrogens with one attached hydrogen (secondary N) is 1. The van der Waals surface area contributed by atoms with Crippen molar-refractivity contribution < 1.29 is 24.2 Å². The lowest BCUT2D eigenvalue weighted by atomic mass is 9.98. The second-order valence-corrected chi connectivity index (χ2v) is 7.56. The molecule has 0 fully saturated rings. The van der Waals surface area contributed by atoms with E-state index in [4.69, 9.17) is 14.6 Å². The highest BCUT2D eigenvalue weighted by Gasteiger charge is 2.29. The van der Waals surface area contributed by atoms with E-state index in [1.54, 1.807) is 12.1 Å². The number of hydrogen-bond donors (Lipinski definition) is 2. The summed E-state index contributed by atoms with van der Waals surface area (Å²) in [6.07, 6.45) is 0.314. The van der Waals surface area contributed by atoms with Crippen LogP contribution < -0.4 is 10.1 Å². The average molecular weight is 432 g/mol. The van der Waals surface area contributed by atoms with E-state index in [1.165, 1.54) is 7.11 Å². The number of amides is 1. The van der Waals surface area contributed by atoms with Crippen LogP contribution in [-0.2, 0) is 16.0 Å². The fourth-order valence-corrected chi connectivity index (χ4v) is 4.05. The number of rotatable bonds is 8. The van der Waals surface area contributed by atoms with Crippen molar-refractivity contribution in [3.63, 3.8) is 0 Å². The number of carboxylic acids is 1. The van der Waals surface area contributed by atoms with Crippen LogP contribution in [0, 0.1) is 0 Å². The third kappa shape index (κ3) is 4.56. The Hall–Kier alpha value is -3.87. The predicted molar refractivity (Wildman–Crippen MR) is 120 cm³/mol. The zero-order valence-corrected chi connectivity index (χ0v) is 17.7. The number of aliphatic carboxylic acids is 1. The molecule has 0 aliphatic heterocycles. The van der Waals surface area contributed by atoms with Gasteiger partial charge >= 0.3 is 12.1 Å². The van der Waals surface area contributed by atoms with Crippen LogP contribution in [0.2, 0.25) is 0 Å². The fourth-order valence-electron chi connectivity index (χ4n) is 4.05. The van der Waals surface area contributed by atoms with Gasteiger partial charge in [-0.25, -0.2) is 4.79 Å². The van der Waals surface area contributed by atoms with Crippen molar-refractivity contribution >= 4 is 17.9 Å². The van der Waals surface area contributed by atoms with Crippen molar-refractivity contribution in [2.75, 3.05) is 19.0 Å². The minimum atomic E-state index is -0.863. The SMILES string of the molecule is COc1ccc(CCCC(=O)O)c(NC(=O)OCC2c3ccccc3-c3ccccc32)n1. The van der Waals surface area contributed by atoms with Crippen LogP contribution in [0.5, 0.6) is 5.88 Å². The molecule has 0 unspecified atom stereocenters. The molecule has 0 bridgehead atoms. The highest BCUT2D eigenvalue weighted by Crippen LogP contribution is 2.44. The number of benzene rings is 2. The monoisotopic (exact) mass is 432 g/mol. The maximum Gasteiger partial charge on any atom is 0.412 e. The number of fused-ring (bicyclic) bond motifs is 3. The Labute approximate surface area is 186 Å². The van der Waals surface area contributed by atoms with Gasteiger partial charge in [-0.2, -0.15) is 4.98 Å². The zero-order valence-electron chi connectivity index (χ0n) is 17.7. The van der Waals surface area contributed by atoms with Crippen LogP contribution in [0.25, 0.3) is 11.1 Å². The van der Waals surface area contributed by atoms with Crippen molar-refractivity contribution in [3.05, 3.63) is 77.4 Å². The number of hydrogen-bond acceptors (Lipinski definition) is 5. The molecule has 1 aromatic heterocycles. The van der Waals surface area contributed by atoms with E-state index in [2.05, 4.69) is 34.6 Å². The Morgan fingerprint density at radius 1 is 1.00 bits per heavy atom. The Balaban J connectivity index is 1.46. The fraction of sp³-hybridized carbons (Fsp3) is 0.240. The number of ether oxygens (including phenoxy) is 2. The van der Waals surface area contributed by atoms with Gasteiger partial charge in [0.05, 0.1) is 7.11 Å². The third-order valence-corrected chi connectivity index (χ3v) is 5.56. The van der Waals surface area contributed by atoms with Crippen LogP contribution in [-0.4, -0.2) is 35.9 Å². The first kappa shape index (κ1) is 21.4. The largest absolute Gasteiger partial charge is 0.481 e. The van der Waals surface area contributed by atoms with Gasteiger partial charge in [-0.3, -0.25) is 10.1 Å². The van der Waals surface area contributed by atoms with Gasteiger partial charge in [0.25, 0.3) is 0 Å². The second-order valence-electron chi connectivity index (χ2n) is 7.56. The molecule has 0 radical (unpaired) electrons. The molecule has 1 amide bonds. The van der Waals surface area contributed by atoms with E-state index in [0.717, 1.165) is 27.8 Å². The number of anilines is 1. The standard InChI is InChI=1S/C25H24N2O5/c1-31-22-14-13-16(7-6-12-23(28)29)24(26-22)27-25(30)32-15-21-19-10-4-2-8-17(19)18-9-3-5-11-20(18)21/h2-5,8-11,13-14,21H,6-7,12,15H2,1H3,(H,28,29)(H,26,27,30). The lowest BCUT2D eigenvalue weighted by Crippen LogP contribution is -2.19. The summed E-state index contributed by atoms with van der Waals surface area (Å²) in [6, 6.07) is 19.7. The minimum Gasteiger partial charge on any atom is -0.481 e. The summed E-state index contributed by atoms with van der Waals surface area (Å²) in [5, 5.41) is 11.6. The first-order valence-electron chi connectivity index (χ1n) is 10.4. The van der Waals surface area contributed by atoms with E-state index in [9.17, 15) is 9.59 Å². The molecule has 7 heteroatoms. The van der Waals surface area contributed by atoms with Gasteiger partial charge in [-0.05, 0) is 46.7 Å². The molecule has 0 atom stereocenters. The number of carbonyl (C=O) groups is 2. The molecule has 1 aliphatic carbocycles. The van der Waals surface area contributed by atoms with Crippen LogP contribution in [0.3, 0.4) is 0 Å². The van der Waals surface area contributed by atoms with E-state index in [0.29, 0.717) is 24.5 Å². The molecule has 164 valence electrons. The molecule has 0 saturated heterocycles. The van der Waals surface area contributed by atoms with Crippen molar-refractivity contribution in [2.24, 2.45) is 0 Å². The van der Waals surface area contributed by atoms with E-state index in [-0.39, 0.29) is 18.9 Å². The van der Waals surface area contributed by atoms with E-state index < -0.39 is 12.1 Å². The maximum absolute atomic E-state index is 12.6. The number of methoxy groups -OCH3 is 1. The molecule has 32 heavy (non-hydrogen) atoms. The van der Waals surface area contributed by atoms with Crippen molar-refractivity contribution in [2.45, 2.75) is 25.2 Å². The normalized spacial score (nSPS) is 12.0. The smallest absolute Gasteiger partial charge is 0.412 e. The van der Waals surface area contributed by atoms with Gasteiger partial charge in [-0.1, -0.05) is 48.5 Å². The van der Waals surface area contributed by atoms with Crippen LogP contribution in [0.15, 0.2) is 60.7 Å². The predicted octanol–water partition coefficient (Wildman–Crippen LogP) is 4.86. The Kier molecular flexibility index (Phi) is 6.35. The van der Waals surface area contributed by atoms with E-state index in [1.807, 2.05) is 24.3 Å². The summed E-state index contributed by atoms with van der Waals surface area (Å²) in [7, 11) is 1.49. The number of carboxylic acid groups (broad SMARTS) is 1. The summed E-state index contributed by atoms with van der Waals surface area (Å²) < 4.78 is 10.7. The Bertz CT molecular complexity index is 1100. The van der Waals surface area contributed by atoms with Gasteiger partial charge < -0.3 is 14.6 Å². The highest BCUT2D eigenvalue weighted by atomic mass is 16.5. The first-order valence-corrected chi connectivity index (χ1v) is 10.4. The quantitative estimate of drug-likeness (QED) is 0.528. The number of carbonyl (C=O) groups excluding carboxylic acids is 1. The van der Waals surface area contributed by atoms with Crippen molar-refractivity contribution in [3.8, 4) is 17.0 Å². The van der Waals surface area contributed by atoms with Gasteiger partial charge in [0.2, 0.25) is 5.88 Å². The summed E-state index contributed by atoms with van der Waals surface area (Å²) in [6.45, 7) is 0.193. The van der Waals surface area contributed by atoms with Gasteiger partial charge in [-0.15, -0.1) is 0 Å². The van der Waals surface area contributed by atoms with Crippen LogP contribution in [0.1, 0.15) is 35.4 Å². The number of aryl methyl sites for hydroxylation is 1. The molecular formula is C25H24N2O5. The molecule has 3 aromatic rings.